The number of carbonyl (C=O) groups excluding carboxylic acids is 2. The van der Waals surface area contributed by atoms with Crippen LogP contribution in [0.15, 0.2) is 83.0 Å². The fourth-order valence-corrected chi connectivity index (χ4v) is 5.73. The van der Waals surface area contributed by atoms with Crippen molar-refractivity contribution in [2.75, 3.05) is 4.90 Å². The van der Waals surface area contributed by atoms with Crippen molar-refractivity contribution in [3.63, 3.8) is 0 Å². The number of halogens is 1. The van der Waals surface area contributed by atoms with E-state index in [2.05, 4.69) is 15.2 Å². The lowest BCUT2D eigenvalue weighted by Gasteiger charge is -2.22. The second-order valence-corrected chi connectivity index (χ2v) is 10.2. The van der Waals surface area contributed by atoms with Crippen LogP contribution in [0.1, 0.15) is 22.7 Å². The Morgan fingerprint density at radius 2 is 1.84 bits per heavy atom. The van der Waals surface area contributed by atoms with Crippen LogP contribution in [0.25, 0.3) is 5.76 Å². The van der Waals surface area contributed by atoms with Gasteiger partial charge in [0.05, 0.1) is 16.5 Å². The van der Waals surface area contributed by atoms with Crippen molar-refractivity contribution < 1.29 is 24.0 Å². The summed E-state index contributed by atoms with van der Waals surface area (Å²) < 4.78 is 13.7. The minimum absolute atomic E-state index is 0.0824. The summed E-state index contributed by atoms with van der Waals surface area (Å²) in [6.45, 7) is 0. The van der Waals surface area contributed by atoms with Crippen molar-refractivity contribution in [1.29, 1.82) is 0 Å². The molecule has 0 saturated carbocycles. The number of nitro benzene ring substituents is 1. The highest BCUT2D eigenvalue weighted by Gasteiger charge is 2.48. The Morgan fingerprint density at radius 3 is 2.55 bits per heavy atom. The van der Waals surface area contributed by atoms with Crippen LogP contribution in [0.4, 0.5) is 15.2 Å². The summed E-state index contributed by atoms with van der Waals surface area (Å²) in [4.78, 5) is 42.3. The van der Waals surface area contributed by atoms with Gasteiger partial charge in [0.2, 0.25) is 5.13 Å². The molecule has 1 unspecified atom stereocenters. The maximum absolute atomic E-state index is 13.3. The van der Waals surface area contributed by atoms with E-state index in [9.17, 15) is 29.2 Å². The van der Waals surface area contributed by atoms with Crippen molar-refractivity contribution in [2.45, 2.75) is 16.1 Å². The van der Waals surface area contributed by atoms with Gasteiger partial charge in [0.25, 0.3) is 11.5 Å². The average Bonchev–Trinajstić information content (AvgIpc) is 3.50. The average molecular weight is 550 g/mol. The molecular weight excluding hydrogens is 533 g/mol. The molecule has 3 heterocycles. The topological polar surface area (TPSA) is 139 Å². The Morgan fingerprint density at radius 1 is 1.11 bits per heavy atom. The zero-order chi connectivity index (χ0) is 26.8. The fraction of sp³-hybridized carbons (Fsp3) is 0.0800. The van der Waals surface area contributed by atoms with Gasteiger partial charge in [-0.2, -0.15) is 0 Å². The van der Waals surface area contributed by atoms with Crippen LogP contribution in [0, 0.1) is 15.9 Å². The first-order valence-electron chi connectivity index (χ1n) is 11.0. The van der Waals surface area contributed by atoms with Gasteiger partial charge in [0.15, 0.2) is 4.34 Å². The van der Waals surface area contributed by atoms with Gasteiger partial charge >= 0.3 is 5.91 Å². The number of non-ortho nitro benzene ring substituents is 1. The van der Waals surface area contributed by atoms with Crippen LogP contribution in [-0.2, 0) is 15.3 Å². The predicted molar refractivity (Wildman–Crippen MR) is 138 cm³/mol. The van der Waals surface area contributed by atoms with E-state index < -0.39 is 28.4 Å². The Labute approximate surface area is 222 Å². The molecule has 13 heteroatoms. The minimum atomic E-state index is -1.19. The largest absolute Gasteiger partial charge is 0.507 e. The molecule has 0 bridgehead atoms. The molecule has 1 fully saturated rings. The van der Waals surface area contributed by atoms with E-state index in [0.29, 0.717) is 10.1 Å². The van der Waals surface area contributed by atoms with Crippen LogP contribution in [0.2, 0.25) is 0 Å². The van der Waals surface area contributed by atoms with E-state index in [1.807, 2.05) is 0 Å². The number of Topliss-reactive ketones (excluding diaryl/α,β-unsaturated/α-hetero) is 1. The molecule has 2 aromatic heterocycles. The molecule has 0 aliphatic carbocycles. The smallest absolute Gasteiger partial charge is 0.301 e. The zero-order valence-corrected chi connectivity index (χ0v) is 20.9. The molecule has 1 atom stereocenters. The molecular formula is C25H16FN5O5S2. The quantitative estimate of drug-likeness (QED) is 0.0648. The lowest BCUT2D eigenvalue weighted by molar-refractivity contribution is -0.384. The monoisotopic (exact) mass is 549 g/mol. The van der Waals surface area contributed by atoms with Gasteiger partial charge in [-0.25, -0.2) is 4.39 Å². The molecule has 190 valence electrons. The summed E-state index contributed by atoms with van der Waals surface area (Å²) in [7, 11) is 0. The molecule has 10 nitrogen and oxygen atoms in total. The standard InChI is InChI=1S/C25H16FN5O5S2/c26-17-6-4-14(5-7-17)13-37-25-29-28-24(38-25)30-20(16-2-1-3-18(12-16)31(35)36)19(22(33)23(30)34)21(32)15-8-10-27-11-9-15/h1-12,20,32H,13H2. The number of aliphatic hydroxyl groups excluding tert-OH is 1. The second-order valence-electron chi connectivity index (χ2n) is 8.02. The van der Waals surface area contributed by atoms with Crippen molar-refractivity contribution in [1.82, 2.24) is 15.2 Å². The maximum atomic E-state index is 13.3. The number of thioether (sulfide) groups is 1. The lowest BCUT2D eigenvalue weighted by Crippen LogP contribution is -2.29. The van der Waals surface area contributed by atoms with E-state index in [-0.39, 0.29) is 33.3 Å². The van der Waals surface area contributed by atoms with Gasteiger partial charge in [-0.15, -0.1) is 10.2 Å². The summed E-state index contributed by atoms with van der Waals surface area (Å²) in [5, 5.41) is 30.8. The number of aliphatic hydroxyl groups is 1. The van der Waals surface area contributed by atoms with Crippen molar-refractivity contribution >= 4 is 51.4 Å². The molecule has 1 aliphatic rings. The molecule has 38 heavy (non-hydrogen) atoms. The number of anilines is 1. The highest BCUT2D eigenvalue weighted by molar-refractivity contribution is 8.00. The number of carbonyl (C=O) groups is 2. The van der Waals surface area contributed by atoms with Gasteiger partial charge < -0.3 is 5.11 Å². The van der Waals surface area contributed by atoms with Crippen LogP contribution in [0.3, 0.4) is 0 Å². The number of pyridine rings is 1. The summed E-state index contributed by atoms with van der Waals surface area (Å²) in [5.74, 6) is -2.25. The van der Waals surface area contributed by atoms with E-state index in [1.54, 1.807) is 12.1 Å². The first-order chi connectivity index (χ1) is 18.3. The Bertz CT molecular complexity index is 1580. The number of aromatic nitrogens is 3. The Kier molecular flexibility index (Phi) is 6.94. The third-order valence-electron chi connectivity index (χ3n) is 5.67. The number of hydrogen-bond donors (Lipinski definition) is 1. The highest BCUT2D eigenvalue weighted by Crippen LogP contribution is 2.44. The molecule has 1 N–H and O–H groups in total. The molecule has 2 aromatic carbocycles. The normalized spacial score (nSPS) is 16.7. The van der Waals surface area contributed by atoms with Gasteiger partial charge in [-0.1, -0.05) is 47.4 Å². The first kappa shape index (κ1) is 25.2. The third kappa shape index (κ3) is 4.88. The molecule has 1 amide bonds. The lowest BCUT2D eigenvalue weighted by atomic mass is 9.95. The summed E-state index contributed by atoms with van der Waals surface area (Å²) in [6, 6.07) is 13.2. The number of nitro groups is 1. The zero-order valence-electron chi connectivity index (χ0n) is 19.2. The summed E-state index contributed by atoms with van der Waals surface area (Å²) >= 11 is 2.36. The van der Waals surface area contributed by atoms with Gasteiger partial charge in [0, 0.05) is 35.8 Å². The number of amides is 1. The molecule has 1 aliphatic heterocycles. The molecule has 0 spiro atoms. The van der Waals surface area contributed by atoms with Crippen molar-refractivity contribution in [3.8, 4) is 0 Å². The number of ketones is 1. The first-order valence-corrected chi connectivity index (χ1v) is 12.8. The van der Waals surface area contributed by atoms with Crippen molar-refractivity contribution in [2.24, 2.45) is 0 Å². The highest BCUT2D eigenvalue weighted by atomic mass is 32.2. The van der Waals surface area contributed by atoms with Crippen LogP contribution in [-0.4, -0.2) is 36.9 Å². The summed E-state index contributed by atoms with van der Waals surface area (Å²) in [6.07, 6.45) is 2.84. The van der Waals surface area contributed by atoms with Crippen LogP contribution in [0.5, 0.6) is 0 Å². The van der Waals surface area contributed by atoms with E-state index in [1.165, 1.54) is 72.7 Å². The number of hydrogen-bond acceptors (Lipinski definition) is 10. The number of benzene rings is 2. The number of rotatable bonds is 7. The molecule has 0 radical (unpaired) electrons. The minimum Gasteiger partial charge on any atom is -0.507 e. The van der Waals surface area contributed by atoms with E-state index >= 15 is 0 Å². The third-order valence-corrected chi connectivity index (χ3v) is 7.80. The Hall–Kier alpha value is -4.49. The molecule has 1 saturated heterocycles. The predicted octanol–water partition coefficient (Wildman–Crippen LogP) is 4.90. The fourth-order valence-electron chi connectivity index (χ4n) is 3.90. The molecule has 4 aromatic rings. The van der Waals surface area contributed by atoms with Gasteiger partial charge in [-0.3, -0.25) is 29.6 Å². The van der Waals surface area contributed by atoms with Crippen LogP contribution < -0.4 is 4.90 Å². The SMILES string of the molecule is O=C1C(=O)N(c2nnc(SCc3ccc(F)cc3)s2)C(c2cccc([N+](=O)[O-])c2)C1=C(O)c1ccncc1. The maximum Gasteiger partial charge on any atom is 0.301 e. The van der Waals surface area contributed by atoms with Crippen LogP contribution >= 0.6 is 23.1 Å². The van der Waals surface area contributed by atoms with E-state index in [4.69, 9.17) is 0 Å². The summed E-state index contributed by atoms with van der Waals surface area (Å²) in [5.41, 5.74) is 0.857. The Balaban J connectivity index is 1.56. The van der Waals surface area contributed by atoms with Gasteiger partial charge in [0.1, 0.15) is 11.6 Å². The van der Waals surface area contributed by atoms with E-state index in [0.717, 1.165) is 21.8 Å². The number of nitrogens with zero attached hydrogens (tertiary/aromatic N) is 5. The second kappa shape index (κ2) is 10.5. The molecule has 5 rings (SSSR count). The van der Waals surface area contributed by atoms with Crippen molar-refractivity contribution in [3.05, 3.63) is 111 Å². The van der Waals surface area contributed by atoms with Gasteiger partial charge in [-0.05, 0) is 35.4 Å².